The molecule has 1 aromatic rings. The van der Waals surface area contributed by atoms with Crippen LogP contribution in [0.1, 0.15) is 6.92 Å². The van der Waals surface area contributed by atoms with Gasteiger partial charge < -0.3 is 4.90 Å². The molecule has 1 atom stereocenters. The Kier molecular flexibility index (Phi) is 4.39. The van der Waals surface area contributed by atoms with Crippen molar-refractivity contribution in [3.63, 3.8) is 0 Å². The number of piperazine rings is 1. The highest BCUT2D eigenvalue weighted by molar-refractivity contribution is 8.00. The average molecular weight is 296 g/mol. The van der Waals surface area contributed by atoms with E-state index in [1.807, 2.05) is 0 Å². The molecular formula is C13H13FN2O3S. The van der Waals surface area contributed by atoms with Crippen LogP contribution in [0, 0.1) is 5.82 Å². The summed E-state index contributed by atoms with van der Waals surface area (Å²) >= 11 is 1.04. The molecule has 1 aliphatic heterocycles. The van der Waals surface area contributed by atoms with Crippen LogP contribution in [0.15, 0.2) is 29.2 Å². The minimum absolute atomic E-state index is 0.0220. The first-order chi connectivity index (χ1) is 9.49. The summed E-state index contributed by atoms with van der Waals surface area (Å²) in [4.78, 5) is 36.3. The molecule has 1 unspecified atom stereocenters. The number of rotatable bonds is 3. The highest BCUT2D eigenvalue weighted by Crippen LogP contribution is 2.22. The molecule has 1 aliphatic rings. The molecule has 106 valence electrons. The van der Waals surface area contributed by atoms with Gasteiger partial charge in [-0.2, -0.15) is 0 Å². The zero-order valence-electron chi connectivity index (χ0n) is 10.8. The molecule has 1 saturated heterocycles. The molecule has 2 rings (SSSR count). The highest BCUT2D eigenvalue weighted by atomic mass is 32.2. The molecule has 20 heavy (non-hydrogen) atoms. The number of carbonyl (C=O) groups is 3. The molecule has 1 fully saturated rings. The normalized spacial score (nSPS) is 18.9. The van der Waals surface area contributed by atoms with Gasteiger partial charge in [0.2, 0.25) is 17.7 Å². The lowest BCUT2D eigenvalue weighted by Gasteiger charge is -2.31. The number of benzene rings is 1. The lowest BCUT2D eigenvalue weighted by atomic mass is 10.2. The van der Waals surface area contributed by atoms with Crippen molar-refractivity contribution in [2.24, 2.45) is 0 Å². The zero-order chi connectivity index (χ0) is 14.7. The van der Waals surface area contributed by atoms with Crippen LogP contribution >= 0.6 is 11.8 Å². The van der Waals surface area contributed by atoms with E-state index < -0.39 is 23.7 Å². The van der Waals surface area contributed by atoms with E-state index in [1.165, 1.54) is 11.0 Å². The molecule has 1 N–H and O–H groups in total. The fourth-order valence-electron chi connectivity index (χ4n) is 1.80. The monoisotopic (exact) mass is 296 g/mol. The number of thioether (sulfide) groups is 1. The summed E-state index contributed by atoms with van der Waals surface area (Å²) in [5, 5.41) is 2.16. The smallest absolute Gasteiger partial charge is 0.249 e. The third kappa shape index (κ3) is 3.16. The number of halogens is 1. The molecule has 0 bridgehead atoms. The van der Waals surface area contributed by atoms with Crippen molar-refractivity contribution >= 4 is 29.5 Å². The molecule has 5 nitrogen and oxygen atoms in total. The molecule has 3 amide bonds. The lowest BCUT2D eigenvalue weighted by molar-refractivity contribution is -0.148. The van der Waals surface area contributed by atoms with Crippen molar-refractivity contribution in [2.45, 2.75) is 17.9 Å². The Bertz CT molecular complexity index is 564. The van der Waals surface area contributed by atoms with Crippen molar-refractivity contribution in [3.05, 3.63) is 30.1 Å². The van der Waals surface area contributed by atoms with Gasteiger partial charge in [0.15, 0.2) is 0 Å². The maximum atomic E-state index is 13.4. The SMILES string of the molecule is CC1C(=O)NC(=O)CN1C(=O)CSc1ccccc1F. The summed E-state index contributed by atoms with van der Waals surface area (Å²) in [6.45, 7) is 1.40. The second-order valence-electron chi connectivity index (χ2n) is 4.33. The fourth-order valence-corrected chi connectivity index (χ4v) is 2.63. The van der Waals surface area contributed by atoms with E-state index in [4.69, 9.17) is 0 Å². The van der Waals surface area contributed by atoms with Gasteiger partial charge in [-0.25, -0.2) is 4.39 Å². The molecule has 7 heteroatoms. The van der Waals surface area contributed by atoms with E-state index in [0.717, 1.165) is 11.8 Å². The first-order valence-electron chi connectivity index (χ1n) is 5.99. The van der Waals surface area contributed by atoms with Crippen molar-refractivity contribution in [1.82, 2.24) is 10.2 Å². The van der Waals surface area contributed by atoms with Crippen molar-refractivity contribution < 1.29 is 18.8 Å². The first kappa shape index (κ1) is 14.5. The number of nitrogens with one attached hydrogen (secondary N) is 1. The molecule has 0 spiro atoms. The molecule has 0 aliphatic carbocycles. The van der Waals surface area contributed by atoms with E-state index in [-0.39, 0.29) is 18.2 Å². The Labute approximate surface area is 119 Å². The molecule has 0 aromatic heterocycles. The van der Waals surface area contributed by atoms with Crippen molar-refractivity contribution in [1.29, 1.82) is 0 Å². The van der Waals surface area contributed by atoms with Crippen LogP contribution < -0.4 is 5.32 Å². The van der Waals surface area contributed by atoms with Crippen LogP contribution in [0.5, 0.6) is 0 Å². The first-order valence-corrected chi connectivity index (χ1v) is 6.98. The molecular weight excluding hydrogens is 283 g/mol. The molecule has 0 radical (unpaired) electrons. The third-order valence-electron chi connectivity index (χ3n) is 2.93. The van der Waals surface area contributed by atoms with E-state index in [9.17, 15) is 18.8 Å². The van der Waals surface area contributed by atoms with Crippen LogP contribution in [0.3, 0.4) is 0 Å². The maximum absolute atomic E-state index is 13.4. The summed E-state index contributed by atoms with van der Waals surface area (Å²) in [6.07, 6.45) is 0. The van der Waals surface area contributed by atoms with Crippen LogP contribution in [0.25, 0.3) is 0 Å². The quantitative estimate of drug-likeness (QED) is 0.661. The van der Waals surface area contributed by atoms with E-state index >= 15 is 0 Å². The van der Waals surface area contributed by atoms with Gasteiger partial charge in [-0.3, -0.25) is 19.7 Å². The Morgan fingerprint density at radius 2 is 2.15 bits per heavy atom. The van der Waals surface area contributed by atoms with Gasteiger partial charge in [-0.15, -0.1) is 11.8 Å². The van der Waals surface area contributed by atoms with Crippen LogP contribution in [0.2, 0.25) is 0 Å². The summed E-state index contributed by atoms with van der Waals surface area (Å²) in [5.41, 5.74) is 0. The Hall–Kier alpha value is -1.89. The minimum Gasteiger partial charge on any atom is -0.321 e. The van der Waals surface area contributed by atoms with Crippen LogP contribution in [0.4, 0.5) is 4.39 Å². The van der Waals surface area contributed by atoms with Gasteiger partial charge in [0.05, 0.1) is 5.75 Å². The number of hydrogen-bond donors (Lipinski definition) is 1. The van der Waals surface area contributed by atoms with E-state index in [2.05, 4.69) is 5.32 Å². The number of imide groups is 1. The Balaban J connectivity index is 1.99. The molecule has 1 aromatic carbocycles. The highest BCUT2D eigenvalue weighted by Gasteiger charge is 2.33. The number of hydrogen-bond acceptors (Lipinski definition) is 4. The van der Waals surface area contributed by atoms with Crippen LogP contribution in [-0.2, 0) is 14.4 Å². The summed E-state index contributed by atoms with van der Waals surface area (Å²) in [7, 11) is 0. The van der Waals surface area contributed by atoms with Gasteiger partial charge >= 0.3 is 0 Å². The van der Waals surface area contributed by atoms with Gasteiger partial charge in [-0.05, 0) is 19.1 Å². The average Bonchev–Trinajstić information content (AvgIpc) is 2.41. The van der Waals surface area contributed by atoms with E-state index in [0.29, 0.717) is 4.90 Å². The predicted octanol–water partition coefficient (Wildman–Crippen LogP) is 0.791. The summed E-state index contributed by atoms with van der Waals surface area (Å²) < 4.78 is 13.4. The van der Waals surface area contributed by atoms with Gasteiger partial charge in [0.1, 0.15) is 18.4 Å². The Morgan fingerprint density at radius 3 is 2.85 bits per heavy atom. The standard InChI is InChI=1S/C13H13FN2O3S/c1-8-13(19)15-11(17)6-16(8)12(18)7-20-10-5-3-2-4-9(10)14/h2-5,8H,6-7H2,1H3,(H,15,17,19). The van der Waals surface area contributed by atoms with Crippen LogP contribution in [-0.4, -0.2) is 41.0 Å². The number of carbonyl (C=O) groups excluding carboxylic acids is 3. The maximum Gasteiger partial charge on any atom is 0.249 e. The third-order valence-corrected chi connectivity index (χ3v) is 3.97. The zero-order valence-corrected chi connectivity index (χ0v) is 11.6. The lowest BCUT2D eigenvalue weighted by Crippen LogP contribution is -2.59. The number of nitrogens with zero attached hydrogens (tertiary/aromatic N) is 1. The summed E-state index contributed by atoms with van der Waals surface area (Å²) in [6, 6.07) is 5.44. The number of amides is 3. The van der Waals surface area contributed by atoms with Gasteiger partial charge in [0, 0.05) is 4.90 Å². The second-order valence-corrected chi connectivity index (χ2v) is 5.35. The minimum atomic E-state index is -0.693. The largest absolute Gasteiger partial charge is 0.321 e. The fraction of sp³-hybridized carbons (Fsp3) is 0.308. The molecule has 1 heterocycles. The topological polar surface area (TPSA) is 66.5 Å². The molecule has 0 saturated carbocycles. The van der Waals surface area contributed by atoms with Gasteiger partial charge in [0.25, 0.3) is 0 Å². The summed E-state index contributed by atoms with van der Waals surface area (Å²) in [5.74, 6) is -1.78. The van der Waals surface area contributed by atoms with Crippen molar-refractivity contribution in [2.75, 3.05) is 12.3 Å². The Morgan fingerprint density at radius 1 is 1.45 bits per heavy atom. The predicted molar refractivity (Wildman–Crippen MR) is 71.4 cm³/mol. The van der Waals surface area contributed by atoms with Gasteiger partial charge in [-0.1, -0.05) is 12.1 Å². The second kappa shape index (κ2) is 6.04. The van der Waals surface area contributed by atoms with E-state index in [1.54, 1.807) is 25.1 Å². The van der Waals surface area contributed by atoms with Crippen molar-refractivity contribution in [3.8, 4) is 0 Å².